The highest BCUT2D eigenvalue weighted by Crippen LogP contribution is 2.27. The first-order valence-electron chi connectivity index (χ1n) is 12.1. The molecule has 0 aromatic heterocycles. The largest absolute Gasteiger partial charge is 0.463 e. The van der Waals surface area contributed by atoms with Crippen LogP contribution >= 0.6 is 0 Å². The summed E-state index contributed by atoms with van der Waals surface area (Å²) in [6.45, 7) is 6.79. The number of hydrogen-bond donors (Lipinski definition) is 2. The fourth-order valence-electron chi connectivity index (χ4n) is 2.81. The minimum Gasteiger partial charge on any atom is -0.463 e. The van der Waals surface area contributed by atoms with Gasteiger partial charge in [0.1, 0.15) is 38.0 Å². The summed E-state index contributed by atoms with van der Waals surface area (Å²) in [5.41, 5.74) is 4.50. The summed E-state index contributed by atoms with van der Waals surface area (Å²) < 4.78 is 42.5. The highest BCUT2D eigenvalue weighted by molar-refractivity contribution is 5.67. The molecule has 0 aromatic carbocycles. The van der Waals surface area contributed by atoms with Gasteiger partial charge in [-0.05, 0) is 14.0 Å². The fraction of sp³-hybridized carbons (Fsp3) is 0.792. The van der Waals surface area contributed by atoms with Gasteiger partial charge in [0.25, 0.3) is 0 Å². The summed E-state index contributed by atoms with van der Waals surface area (Å²) in [6.07, 6.45) is -1.89. The molecule has 4 unspecified atom stereocenters. The minimum atomic E-state index is -0.945. The topological polar surface area (TPSA) is 205 Å². The molecular weight excluding hydrogens is 526 g/mol. The van der Waals surface area contributed by atoms with E-state index >= 15 is 0 Å². The maximum atomic E-state index is 11.5. The first-order chi connectivity index (χ1) is 18.7. The molecule has 0 amide bonds. The Morgan fingerprint density at radius 1 is 0.846 bits per heavy atom. The van der Waals surface area contributed by atoms with Gasteiger partial charge < -0.3 is 58.3 Å². The van der Waals surface area contributed by atoms with E-state index in [4.69, 9.17) is 47.8 Å². The lowest BCUT2D eigenvalue weighted by Gasteiger charge is -2.39. The number of esters is 3. The number of aldehydes is 2. The van der Waals surface area contributed by atoms with Gasteiger partial charge in [-0.15, -0.1) is 0 Å². The Morgan fingerprint density at radius 2 is 1.33 bits per heavy atom. The van der Waals surface area contributed by atoms with Crippen LogP contribution in [0.25, 0.3) is 0 Å². The molecule has 230 valence electrons. The van der Waals surface area contributed by atoms with E-state index in [0.717, 1.165) is 13.4 Å². The highest BCUT2D eigenvalue weighted by Gasteiger charge is 2.44. The van der Waals surface area contributed by atoms with Crippen LogP contribution in [-0.4, -0.2) is 127 Å². The zero-order valence-corrected chi connectivity index (χ0v) is 23.7. The number of ether oxygens (including phenoxy) is 8. The van der Waals surface area contributed by atoms with Crippen molar-refractivity contribution in [2.45, 2.75) is 58.7 Å². The molecule has 39 heavy (non-hydrogen) atoms. The monoisotopic (exact) mass is 571 g/mol. The summed E-state index contributed by atoms with van der Waals surface area (Å²) in [5.74, 6) is -1.68. The van der Waals surface area contributed by atoms with Gasteiger partial charge in [0.15, 0.2) is 12.4 Å². The Kier molecular flexibility index (Phi) is 31.5. The Balaban J connectivity index is -0.00000169. The third-order valence-corrected chi connectivity index (χ3v) is 4.02. The van der Waals surface area contributed by atoms with E-state index in [1.54, 1.807) is 0 Å². The minimum absolute atomic E-state index is 0.0438. The van der Waals surface area contributed by atoms with E-state index in [2.05, 4.69) is 5.73 Å². The average Bonchev–Trinajstić information content (AvgIpc) is 2.90. The number of rotatable bonds is 16. The van der Waals surface area contributed by atoms with Crippen LogP contribution in [0.15, 0.2) is 0 Å². The summed E-state index contributed by atoms with van der Waals surface area (Å²) in [5, 5.41) is 7.00. The molecule has 1 aliphatic heterocycles. The van der Waals surface area contributed by atoms with Crippen LogP contribution in [0, 0.1) is 0 Å². The van der Waals surface area contributed by atoms with Gasteiger partial charge in [0.2, 0.25) is 0 Å². The van der Waals surface area contributed by atoms with Crippen molar-refractivity contribution in [2.24, 2.45) is 5.73 Å². The van der Waals surface area contributed by atoms with Crippen molar-refractivity contribution in [1.29, 1.82) is 0 Å². The summed E-state index contributed by atoms with van der Waals surface area (Å²) in [6, 6.07) is 0. The Labute approximate surface area is 229 Å². The predicted octanol–water partition coefficient (Wildman–Crippen LogP) is -0.818. The first-order valence-corrected chi connectivity index (χ1v) is 12.1. The van der Waals surface area contributed by atoms with Gasteiger partial charge in [0, 0.05) is 34.3 Å². The van der Waals surface area contributed by atoms with Crippen molar-refractivity contribution < 1.29 is 67.0 Å². The molecular formula is C24H45NO14. The number of carbonyl (C=O) groups excluding carboxylic acids is 5. The standard InChI is InChI=1S/C20H32O12.C2H4O.CH5N.CH4O/c1-14(22)29-13-18-20(31-16(3)24)17(30-15(2)23)12-19(32-18)28-11-10-27-9-8-26-7-6-25-5-4-21;1-2-3;2*1-2/h4,17-20H,5-13H2,1-3H3;2H,1H3;2H2,1H3;2H,1H3. The summed E-state index contributed by atoms with van der Waals surface area (Å²) in [7, 11) is 2.50. The first kappa shape index (κ1) is 41.0. The molecule has 0 bridgehead atoms. The number of carbonyl (C=O) groups is 5. The quantitative estimate of drug-likeness (QED) is 0.100. The average molecular weight is 572 g/mol. The fourth-order valence-corrected chi connectivity index (χ4v) is 2.81. The van der Waals surface area contributed by atoms with Gasteiger partial charge in [0.05, 0.1) is 39.6 Å². The molecule has 1 aliphatic rings. The zero-order valence-electron chi connectivity index (χ0n) is 23.7. The molecule has 0 spiro atoms. The van der Waals surface area contributed by atoms with Gasteiger partial charge in [-0.3, -0.25) is 14.4 Å². The van der Waals surface area contributed by atoms with Crippen molar-refractivity contribution in [3.05, 3.63) is 0 Å². The smallest absolute Gasteiger partial charge is 0.303 e. The second kappa shape index (κ2) is 30.0. The molecule has 3 N–H and O–H groups in total. The SMILES string of the molecule is CC(=O)OCC1OC(OCCOCCOCCOCC=O)CC(OC(C)=O)C1OC(C)=O.CC=O.CN.CO. The van der Waals surface area contributed by atoms with Crippen LogP contribution in [0.3, 0.4) is 0 Å². The van der Waals surface area contributed by atoms with Gasteiger partial charge in [-0.25, -0.2) is 0 Å². The maximum Gasteiger partial charge on any atom is 0.303 e. The molecule has 1 rings (SSSR count). The van der Waals surface area contributed by atoms with Crippen LogP contribution < -0.4 is 5.73 Å². The third kappa shape index (κ3) is 25.5. The maximum absolute atomic E-state index is 11.5. The lowest BCUT2D eigenvalue weighted by atomic mass is 10.0. The van der Waals surface area contributed by atoms with E-state index in [9.17, 15) is 19.2 Å². The van der Waals surface area contributed by atoms with Gasteiger partial charge >= 0.3 is 17.9 Å². The van der Waals surface area contributed by atoms with Crippen molar-refractivity contribution >= 4 is 30.5 Å². The predicted molar refractivity (Wildman–Crippen MR) is 135 cm³/mol. The Bertz CT molecular complexity index is 634. The van der Waals surface area contributed by atoms with Crippen molar-refractivity contribution in [2.75, 3.05) is 67.0 Å². The lowest BCUT2D eigenvalue weighted by molar-refractivity contribution is -0.267. The number of hydrogen-bond acceptors (Lipinski definition) is 15. The molecule has 1 fully saturated rings. The van der Waals surface area contributed by atoms with E-state index < -0.39 is 42.5 Å². The van der Waals surface area contributed by atoms with E-state index in [1.165, 1.54) is 34.7 Å². The second-order valence-corrected chi connectivity index (χ2v) is 6.94. The molecule has 4 atom stereocenters. The van der Waals surface area contributed by atoms with Crippen LogP contribution in [-0.2, 0) is 61.9 Å². The molecule has 0 aliphatic carbocycles. The van der Waals surface area contributed by atoms with Crippen LogP contribution in [0.5, 0.6) is 0 Å². The number of aliphatic hydroxyl groups excluding tert-OH is 1. The molecule has 0 radical (unpaired) electrons. The number of aliphatic hydroxyl groups is 1. The Hall–Kier alpha value is -2.53. The van der Waals surface area contributed by atoms with Crippen LogP contribution in [0.4, 0.5) is 0 Å². The molecule has 15 heteroatoms. The van der Waals surface area contributed by atoms with E-state index in [-0.39, 0.29) is 32.8 Å². The van der Waals surface area contributed by atoms with E-state index in [1.807, 2.05) is 0 Å². The van der Waals surface area contributed by atoms with Crippen molar-refractivity contribution in [3.8, 4) is 0 Å². The Morgan fingerprint density at radius 3 is 1.79 bits per heavy atom. The summed E-state index contributed by atoms with van der Waals surface area (Å²) >= 11 is 0. The lowest BCUT2D eigenvalue weighted by Crippen LogP contribution is -2.54. The molecule has 1 saturated heterocycles. The van der Waals surface area contributed by atoms with Crippen molar-refractivity contribution in [1.82, 2.24) is 0 Å². The van der Waals surface area contributed by atoms with Gasteiger partial charge in [-0.2, -0.15) is 0 Å². The van der Waals surface area contributed by atoms with Crippen LogP contribution in [0.1, 0.15) is 34.1 Å². The second-order valence-electron chi connectivity index (χ2n) is 6.94. The molecule has 0 aromatic rings. The highest BCUT2D eigenvalue weighted by atomic mass is 16.7. The molecule has 0 saturated carbocycles. The molecule has 1 heterocycles. The van der Waals surface area contributed by atoms with E-state index in [0.29, 0.717) is 32.7 Å². The van der Waals surface area contributed by atoms with Crippen molar-refractivity contribution in [3.63, 3.8) is 0 Å². The number of nitrogens with two attached hydrogens (primary N) is 1. The van der Waals surface area contributed by atoms with Crippen LogP contribution in [0.2, 0.25) is 0 Å². The zero-order chi connectivity index (χ0) is 30.5. The normalized spacial score (nSPS) is 19.3. The summed E-state index contributed by atoms with van der Waals surface area (Å²) in [4.78, 5) is 53.1. The third-order valence-electron chi connectivity index (χ3n) is 4.02. The molecule has 15 nitrogen and oxygen atoms in total. The van der Waals surface area contributed by atoms with Gasteiger partial charge in [-0.1, -0.05) is 0 Å².